The Morgan fingerprint density at radius 1 is 1.62 bits per heavy atom. The summed E-state index contributed by atoms with van der Waals surface area (Å²) in [7, 11) is -3.46. The van der Waals surface area contributed by atoms with Gasteiger partial charge in [0, 0.05) is 6.54 Å². The highest BCUT2D eigenvalue weighted by atomic mass is 32.2. The highest BCUT2D eigenvalue weighted by Gasteiger charge is 2.10. The molecule has 0 aliphatic carbocycles. The van der Waals surface area contributed by atoms with Gasteiger partial charge in [-0.1, -0.05) is 0 Å². The Labute approximate surface area is 77.6 Å². The first kappa shape index (κ1) is 10.2. The summed E-state index contributed by atoms with van der Waals surface area (Å²) in [4.78, 5) is 0. The first-order valence-corrected chi connectivity index (χ1v) is 5.67. The molecule has 0 atom stereocenters. The van der Waals surface area contributed by atoms with Crippen LogP contribution in [0.2, 0.25) is 0 Å². The summed E-state index contributed by atoms with van der Waals surface area (Å²) in [6, 6.07) is 1.73. The molecule has 0 unspecified atom stereocenters. The van der Waals surface area contributed by atoms with Gasteiger partial charge in [0.25, 0.3) is 0 Å². The summed E-state index contributed by atoms with van der Waals surface area (Å²) in [6.45, 7) is 4.37. The molecule has 0 aromatic carbocycles. The second-order valence-electron chi connectivity index (χ2n) is 2.90. The topological polar surface area (TPSA) is 78.0 Å². The molecule has 1 rings (SSSR count). The minimum absolute atomic E-state index is 0.151. The first-order valence-electron chi connectivity index (χ1n) is 3.96. The molecule has 1 aromatic rings. The van der Waals surface area contributed by atoms with Crippen LogP contribution in [-0.4, -0.2) is 18.2 Å². The third kappa shape index (κ3) is 2.82. The molecule has 13 heavy (non-hydrogen) atoms. The standard InChI is InChI=1S/C7H13N3O2S/c1-3-10-7(4-6(2)9-10)5-13(8,11)12/h4H,3,5H2,1-2H3,(H2,8,11,12). The summed E-state index contributed by atoms with van der Waals surface area (Å²) in [5, 5.41) is 9.04. The molecule has 0 saturated carbocycles. The van der Waals surface area contributed by atoms with Gasteiger partial charge < -0.3 is 0 Å². The Kier molecular flexibility index (Phi) is 2.72. The van der Waals surface area contributed by atoms with Crippen molar-refractivity contribution in [1.29, 1.82) is 0 Å². The van der Waals surface area contributed by atoms with E-state index in [1.165, 1.54) is 0 Å². The van der Waals surface area contributed by atoms with E-state index in [-0.39, 0.29) is 5.75 Å². The number of aryl methyl sites for hydroxylation is 2. The van der Waals surface area contributed by atoms with Gasteiger partial charge in [-0.05, 0) is 19.9 Å². The van der Waals surface area contributed by atoms with E-state index >= 15 is 0 Å². The van der Waals surface area contributed by atoms with Gasteiger partial charge in [0.05, 0.1) is 11.4 Å². The average molecular weight is 203 g/mol. The van der Waals surface area contributed by atoms with Crippen LogP contribution in [0.4, 0.5) is 0 Å². The number of hydrogen-bond donors (Lipinski definition) is 1. The van der Waals surface area contributed by atoms with E-state index in [2.05, 4.69) is 5.10 Å². The van der Waals surface area contributed by atoms with Crippen molar-refractivity contribution in [3.05, 3.63) is 17.5 Å². The van der Waals surface area contributed by atoms with Gasteiger partial charge >= 0.3 is 0 Å². The fourth-order valence-corrected chi connectivity index (χ4v) is 1.84. The molecule has 0 aliphatic rings. The third-order valence-electron chi connectivity index (χ3n) is 1.63. The summed E-state index contributed by atoms with van der Waals surface area (Å²) >= 11 is 0. The SMILES string of the molecule is CCn1nc(C)cc1CS(N)(=O)=O. The number of sulfonamides is 1. The molecule has 6 heteroatoms. The lowest BCUT2D eigenvalue weighted by Crippen LogP contribution is -2.17. The van der Waals surface area contributed by atoms with Crippen LogP contribution < -0.4 is 5.14 Å². The zero-order valence-corrected chi connectivity index (χ0v) is 8.50. The van der Waals surface area contributed by atoms with Crippen molar-refractivity contribution < 1.29 is 8.42 Å². The Morgan fingerprint density at radius 3 is 2.69 bits per heavy atom. The lowest BCUT2D eigenvalue weighted by atomic mass is 10.4. The predicted molar refractivity (Wildman–Crippen MR) is 49.4 cm³/mol. The average Bonchev–Trinajstić information content (AvgIpc) is 2.27. The minimum atomic E-state index is -3.46. The zero-order chi connectivity index (χ0) is 10.1. The summed E-state index contributed by atoms with van der Waals surface area (Å²) in [6.07, 6.45) is 0. The van der Waals surface area contributed by atoms with Crippen molar-refractivity contribution in [2.24, 2.45) is 5.14 Å². The number of aromatic nitrogens is 2. The molecule has 0 radical (unpaired) electrons. The van der Waals surface area contributed by atoms with Crippen LogP contribution in [0.15, 0.2) is 6.07 Å². The Bertz CT molecular complexity index is 394. The molecule has 2 N–H and O–H groups in total. The fraction of sp³-hybridized carbons (Fsp3) is 0.571. The van der Waals surface area contributed by atoms with Gasteiger partial charge in [0.1, 0.15) is 5.75 Å². The minimum Gasteiger partial charge on any atom is -0.269 e. The lowest BCUT2D eigenvalue weighted by Gasteiger charge is -2.01. The second-order valence-corrected chi connectivity index (χ2v) is 4.51. The van der Waals surface area contributed by atoms with Crippen LogP contribution in [-0.2, 0) is 22.3 Å². The van der Waals surface area contributed by atoms with Crippen molar-refractivity contribution in [2.75, 3.05) is 0 Å². The second kappa shape index (κ2) is 3.47. The molecule has 0 spiro atoms. The first-order chi connectivity index (χ1) is 5.92. The van der Waals surface area contributed by atoms with Gasteiger partial charge in [0.15, 0.2) is 0 Å². The Balaban J connectivity index is 3.00. The molecule has 0 bridgehead atoms. The van der Waals surface area contributed by atoms with Gasteiger partial charge in [0.2, 0.25) is 10.0 Å². The maximum absolute atomic E-state index is 10.8. The fourth-order valence-electron chi connectivity index (χ4n) is 1.20. The van der Waals surface area contributed by atoms with E-state index in [4.69, 9.17) is 5.14 Å². The van der Waals surface area contributed by atoms with Crippen molar-refractivity contribution in [1.82, 2.24) is 9.78 Å². The zero-order valence-electron chi connectivity index (χ0n) is 7.69. The van der Waals surface area contributed by atoms with Crippen LogP contribution in [0.3, 0.4) is 0 Å². The molecule has 1 aromatic heterocycles. The van der Waals surface area contributed by atoms with Crippen LogP contribution >= 0.6 is 0 Å². The molecule has 1 heterocycles. The predicted octanol–water partition coefficient (Wildman–Crippen LogP) is -0.0000800. The Morgan fingerprint density at radius 2 is 2.23 bits per heavy atom. The summed E-state index contributed by atoms with van der Waals surface area (Å²) in [5.41, 5.74) is 1.45. The normalized spacial score (nSPS) is 11.9. The van der Waals surface area contributed by atoms with E-state index in [1.54, 1.807) is 10.7 Å². The van der Waals surface area contributed by atoms with Gasteiger partial charge in [-0.15, -0.1) is 0 Å². The van der Waals surface area contributed by atoms with E-state index in [9.17, 15) is 8.42 Å². The quantitative estimate of drug-likeness (QED) is 0.751. The van der Waals surface area contributed by atoms with E-state index in [1.807, 2.05) is 13.8 Å². The molecule has 0 amide bonds. The molecular weight excluding hydrogens is 190 g/mol. The van der Waals surface area contributed by atoms with Crippen LogP contribution in [0.5, 0.6) is 0 Å². The number of primary sulfonamides is 1. The summed E-state index contributed by atoms with van der Waals surface area (Å²) < 4.78 is 23.3. The van der Waals surface area contributed by atoms with E-state index < -0.39 is 10.0 Å². The molecule has 5 nitrogen and oxygen atoms in total. The van der Waals surface area contributed by atoms with Crippen LogP contribution in [0, 0.1) is 6.92 Å². The van der Waals surface area contributed by atoms with Crippen LogP contribution in [0.25, 0.3) is 0 Å². The molecule has 0 saturated heterocycles. The van der Waals surface area contributed by atoms with E-state index in [0.717, 1.165) is 5.69 Å². The monoisotopic (exact) mass is 203 g/mol. The highest BCUT2D eigenvalue weighted by Crippen LogP contribution is 2.06. The maximum atomic E-state index is 10.8. The van der Waals surface area contributed by atoms with Crippen molar-refractivity contribution in [3.8, 4) is 0 Å². The van der Waals surface area contributed by atoms with Crippen molar-refractivity contribution in [2.45, 2.75) is 26.1 Å². The summed E-state index contributed by atoms with van der Waals surface area (Å²) in [5.74, 6) is -0.151. The van der Waals surface area contributed by atoms with Crippen molar-refractivity contribution >= 4 is 10.0 Å². The van der Waals surface area contributed by atoms with Gasteiger partial charge in [-0.25, -0.2) is 13.6 Å². The molecule has 0 aliphatic heterocycles. The molecule has 74 valence electrons. The number of hydrogen-bond acceptors (Lipinski definition) is 3. The van der Waals surface area contributed by atoms with E-state index in [0.29, 0.717) is 12.2 Å². The van der Waals surface area contributed by atoms with Gasteiger partial charge in [-0.3, -0.25) is 4.68 Å². The molecular formula is C7H13N3O2S. The van der Waals surface area contributed by atoms with Crippen LogP contribution in [0.1, 0.15) is 18.3 Å². The van der Waals surface area contributed by atoms with Gasteiger partial charge in [-0.2, -0.15) is 5.10 Å². The lowest BCUT2D eigenvalue weighted by molar-refractivity contribution is 0.587. The Hall–Kier alpha value is -0.880. The number of nitrogens with two attached hydrogens (primary N) is 1. The maximum Gasteiger partial charge on any atom is 0.214 e. The highest BCUT2D eigenvalue weighted by molar-refractivity contribution is 7.88. The van der Waals surface area contributed by atoms with Crippen molar-refractivity contribution in [3.63, 3.8) is 0 Å². The number of nitrogens with zero attached hydrogens (tertiary/aromatic N) is 2. The largest absolute Gasteiger partial charge is 0.269 e. The smallest absolute Gasteiger partial charge is 0.214 e. The third-order valence-corrected chi connectivity index (χ3v) is 2.33. The number of rotatable bonds is 3. The molecule has 0 fully saturated rings.